The predicted molar refractivity (Wildman–Crippen MR) is 122 cm³/mol. The van der Waals surface area contributed by atoms with Crippen LogP contribution in [0, 0.1) is 5.82 Å². The van der Waals surface area contributed by atoms with Gasteiger partial charge in [-0.2, -0.15) is 0 Å². The van der Waals surface area contributed by atoms with Crippen molar-refractivity contribution in [2.24, 2.45) is 0 Å². The van der Waals surface area contributed by atoms with Crippen molar-refractivity contribution < 1.29 is 18.0 Å². The van der Waals surface area contributed by atoms with Gasteiger partial charge < -0.3 is 13.6 Å². The molecular weight excluding hydrogens is 461 g/mol. The van der Waals surface area contributed by atoms with E-state index in [-0.39, 0.29) is 6.61 Å². The maximum Gasteiger partial charge on any atom is 0.226 e. The Morgan fingerprint density at radius 2 is 1.85 bits per heavy atom. The number of benzene rings is 2. The zero-order valence-corrected chi connectivity index (χ0v) is 18.4. The zero-order chi connectivity index (χ0) is 23.3. The molecule has 0 unspecified atom stereocenters. The van der Waals surface area contributed by atoms with Crippen LogP contribution in [0.3, 0.4) is 0 Å². The summed E-state index contributed by atoms with van der Waals surface area (Å²) in [5.74, 6) is 1.08. The molecule has 3 heterocycles. The molecule has 0 radical (unpaired) electrons. The first-order valence-corrected chi connectivity index (χ1v) is 10.6. The Hall–Kier alpha value is -4.24. The topological polar surface area (TPSA) is 92.0 Å². The van der Waals surface area contributed by atoms with Crippen LogP contribution in [0.25, 0.3) is 23.6 Å². The van der Waals surface area contributed by atoms with Crippen molar-refractivity contribution in [3.8, 4) is 17.2 Å². The van der Waals surface area contributed by atoms with Crippen LogP contribution in [0.5, 0.6) is 5.75 Å². The first-order chi connectivity index (χ1) is 16.6. The first kappa shape index (κ1) is 21.6. The number of nitrogens with zero attached hydrogens (tertiary/aromatic N) is 5. The third-order valence-electron chi connectivity index (χ3n) is 4.77. The van der Waals surface area contributed by atoms with E-state index in [0.717, 1.165) is 11.3 Å². The normalized spacial score (nSPS) is 11.4. The van der Waals surface area contributed by atoms with Gasteiger partial charge in [-0.3, -0.25) is 0 Å². The number of hydrogen-bond acceptors (Lipinski definition) is 7. The predicted octanol–water partition coefficient (Wildman–Crippen LogP) is 5.51. The summed E-state index contributed by atoms with van der Waals surface area (Å²) in [6.07, 6.45) is 9.61. The van der Waals surface area contributed by atoms with E-state index in [2.05, 4.69) is 20.3 Å². The van der Waals surface area contributed by atoms with Gasteiger partial charge in [-0.1, -0.05) is 22.9 Å². The molecule has 0 aliphatic heterocycles. The number of oxazole rings is 2. The Kier molecular flexibility index (Phi) is 6.17. The van der Waals surface area contributed by atoms with Crippen LogP contribution in [-0.2, 0) is 13.2 Å². The smallest absolute Gasteiger partial charge is 0.226 e. The van der Waals surface area contributed by atoms with Crippen molar-refractivity contribution in [3.05, 3.63) is 101 Å². The van der Waals surface area contributed by atoms with Gasteiger partial charge in [0.1, 0.15) is 42.1 Å². The Bertz CT molecular complexity index is 1410. The second kappa shape index (κ2) is 9.72. The van der Waals surface area contributed by atoms with Crippen molar-refractivity contribution in [3.63, 3.8) is 0 Å². The minimum Gasteiger partial charge on any atom is -0.487 e. The molecule has 0 aliphatic carbocycles. The maximum atomic E-state index is 13.9. The van der Waals surface area contributed by atoms with E-state index in [4.69, 9.17) is 25.2 Å². The van der Waals surface area contributed by atoms with Crippen LogP contribution >= 0.6 is 11.6 Å². The fourth-order valence-corrected chi connectivity index (χ4v) is 3.27. The fourth-order valence-electron chi connectivity index (χ4n) is 3.11. The van der Waals surface area contributed by atoms with Crippen molar-refractivity contribution in [2.45, 2.75) is 13.2 Å². The molecule has 5 rings (SSSR count). The summed E-state index contributed by atoms with van der Waals surface area (Å²) in [6.45, 7) is 0.696. The van der Waals surface area contributed by atoms with E-state index in [1.54, 1.807) is 47.6 Å². The maximum absolute atomic E-state index is 13.9. The molecule has 0 bridgehead atoms. The second-order valence-corrected chi connectivity index (χ2v) is 7.67. The summed E-state index contributed by atoms with van der Waals surface area (Å²) >= 11 is 5.77. The Morgan fingerprint density at radius 3 is 2.65 bits per heavy atom. The van der Waals surface area contributed by atoms with Crippen LogP contribution in [0.1, 0.15) is 22.8 Å². The average molecular weight is 478 g/mol. The van der Waals surface area contributed by atoms with Crippen molar-refractivity contribution in [1.29, 1.82) is 0 Å². The van der Waals surface area contributed by atoms with Gasteiger partial charge >= 0.3 is 0 Å². The molecule has 0 aliphatic rings. The van der Waals surface area contributed by atoms with E-state index >= 15 is 0 Å². The fraction of sp³-hybridized carbons (Fsp3) is 0.0833. The number of hydrogen-bond donors (Lipinski definition) is 0. The molecule has 2 aromatic carbocycles. The summed E-state index contributed by atoms with van der Waals surface area (Å²) in [4.78, 5) is 8.80. The first-order valence-electron chi connectivity index (χ1n) is 10.2. The number of ether oxygens (including phenoxy) is 1. The van der Waals surface area contributed by atoms with Crippen LogP contribution < -0.4 is 4.74 Å². The Morgan fingerprint density at radius 1 is 1.00 bits per heavy atom. The number of aromatic nitrogens is 5. The molecular formula is C24H17ClFN5O3. The molecule has 0 N–H and O–H groups in total. The van der Waals surface area contributed by atoms with Gasteiger partial charge in [0.15, 0.2) is 0 Å². The van der Waals surface area contributed by atoms with Crippen molar-refractivity contribution >= 4 is 23.8 Å². The molecule has 3 aromatic heterocycles. The summed E-state index contributed by atoms with van der Waals surface area (Å²) in [7, 11) is 0. The molecule has 0 atom stereocenters. The molecule has 8 nitrogen and oxygen atoms in total. The van der Waals surface area contributed by atoms with Gasteiger partial charge in [0.05, 0.1) is 12.7 Å². The number of rotatable bonds is 8. The summed E-state index contributed by atoms with van der Waals surface area (Å²) in [6, 6.07) is 11.8. The largest absolute Gasteiger partial charge is 0.487 e. The molecule has 34 heavy (non-hydrogen) atoms. The summed E-state index contributed by atoms with van der Waals surface area (Å²) < 4.78 is 32.3. The molecule has 0 amide bonds. The lowest BCUT2D eigenvalue weighted by molar-refractivity contribution is 0.301. The molecule has 170 valence electrons. The molecule has 0 saturated carbocycles. The highest BCUT2D eigenvalue weighted by Gasteiger charge is 2.09. The van der Waals surface area contributed by atoms with Crippen LogP contribution in [0.15, 0.2) is 76.2 Å². The van der Waals surface area contributed by atoms with E-state index < -0.39 is 5.82 Å². The SMILES string of the molecule is Fc1cc(Cl)ccc1C=Cc1nc(COc2ccc(-c3nc(Cn4ccnn4)co3)cc2)co1. The van der Waals surface area contributed by atoms with Gasteiger partial charge in [-0.15, -0.1) is 5.10 Å². The second-order valence-electron chi connectivity index (χ2n) is 7.23. The molecule has 5 aromatic rings. The lowest BCUT2D eigenvalue weighted by atomic mass is 10.2. The van der Waals surface area contributed by atoms with Gasteiger partial charge in [-0.25, -0.2) is 19.0 Å². The zero-order valence-electron chi connectivity index (χ0n) is 17.6. The van der Waals surface area contributed by atoms with Gasteiger partial charge in [0, 0.05) is 28.4 Å². The number of halogens is 2. The van der Waals surface area contributed by atoms with Crippen LogP contribution in [-0.4, -0.2) is 25.0 Å². The van der Waals surface area contributed by atoms with Crippen molar-refractivity contribution in [1.82, 2.24) is 25.0 Å². The molecule has 0 saturated heterocycles. The van der Waals surface area contributed by atoms with Gasteiger partial charge in [-0.05, 0) is 42.5 Å². The minimum atomic E-state index is -0.418. The summed E-state index contributed by atoms with van der Waals surface area (Å²) in [5, 5.41) is 8.03. The van der Waals surface area contributed by atoms with Crippen molar-refractivity contribution in [2.75, 3.05) is 0 Å². The van der Waals surface area contributed by atoms with Crippen LogP contribution in [0.2, 0.25) is 5.02 Å². The average Bonchev–Trinajstić information content (AvgIpc) is 3.61. The van der Waals surface area contributed by atoms with Crippen LogP contribution in [0.4, 0.5) is 4.39 Å². The lowest BCUT2D eigenvalue weighted by Gasteiger charge is -2.04. The molecule has 10 heteroatoms. The highest BCUT2D eigenvalue weighted by molar-refractivity contribution is 6.30. The highest BCUT2D eigenvalue weighted by Crippen LogP contribution is 2.23. The standard InChI is InChI=1S/C24H17ClFN5O3/c25-18-5-1-16(22(26)11-18)4-8-23-28-20(15-33-23)14-32-21-6-2-17(3-7-21)24-29-19(13-34-24)12-31-10-9-27-30-31/h1-11,13,15H,12,14H2. The lowest BCUT2D eigenvalue weighted by Crippen LogP contribution is -2.00. The molecule has 0 spiro atoms. The van der Waals surface area contributed by atoms with Gasteiger partial charge in [0.2, 0.25) is 11.8 Å². The minimum absolute atomic E-state index is 0.215. The highest BCUT2D eigenvalue weighted by atomic mass is 35.5. The third-order valence-corrected chi connectivity index (χ3v) is 5.01. The Balaban J connectivity index is 1.17. The Labute approximate surface area is 198 Å². The third kappa shape index (κ3) is 5.21. The monoisotopic (exact) mass is 477 g/mol. The van der Waals surface area contributed by atoms with E-state index in [1.165, 1.54) is 12.3 Å². The quantitative estimate of drug-likeness (QED) is 0.291. The summed E-state index contributed by atoms with van der Waals surface area (Å²) in [5.41, 5.74) is 2.55. The van der Waals surface area contributed by atoms with E-state index in [0.29, 0.717) is 40.4 Å². The van der Waals surface area contributed by atoms with Gasteiger partial charge in [0.25, 0.3) is 0 Å². The van der Waals surface area contributed by atoms with E-state index in [1.807, 2.05) is 24.3 Å². The molecule has 0 fully saturated rings. The van der Waals surface area contributed by atoms with E-state index in [9.17, 15) is 4.39 Å².